The summed E-state index contributed by atoms with van der Waals surface area (Å²) in [4.78, 5) is 23.5. The number of hydrogen-bond donors (Lipinski definition) is 0. The van der Waals surface area contributed by atoms with Crippen molar-refractivity contribution in [3.05, 3.63) is 33.9 Å². The fraction of sp³-hybridized carbons (Fsp3) is 0.417. The summed E-state index contributed by atoms with van der Waals surface area (Å²) < 4.78 is 0. The van der Waals surface area contributed by atoms with Gasteiger partial charge in [-0.1, -0.05) is 6.07 Å². The number of nitro groups is 1. The summed E-state index contributed by atoms with van der Waals surface area (Å²) in [5.74, 6) is -0.0614. The fourth-order valence-corrected chi connectivity index (χ4v) is 2.16. The van der Waals surface area contributed by atoms with Gasteiger partial charge < -0.3 is 4.90 Å². The molecule has 90 valence electrons. The van der Waals surface area contributed by atoms with E-state index in [1.807, 2.05) is 0 Å². The predicted molar refractivity (Wildman–Crippen MR) is 64.1 cm³/mol. The van der Waals surface area contributed by atoms with E-state index in [1.54, 1.807) is 11.0 Å². The van der Waals surface area contributed by atoms with Gasteiger partial charge in [-0.05, 0) is 24.8 Å². The lowest BCUT2D eigenvalue weighted by molar-refractivity contribution is -0.384. The van der Waals surface area contributed by atoms with Crippen LogP contribution in [0.2, 0.25) is 0 Å². The number of anilines is 1. The average molecular weight is 234 g/mol. The zero-order valence-electron chi connectivity index (χ0n) is 9.68. The molecule has 17 heavy (non-hydrogen) atoms. The first-order valence-corrected chi connectivity index (χ1v) is 5.65. The molecule has 0 saturated heterocycles. The van der Waals surface area contributed by atoms with Gasteiger partial charge in [0.25, 0.3) is 5.69 Å². The maximum atomic E-state index is 11.6. The number of fused-ring (bicyclic) bond motifs is 1. The monoisotopic (exact) mass is 234 g/mol. The second-order valence-electron chi connectivity index (χ2n) is 4.20. The normalized spacial score (nSPS) is 15.0. The third-order valence-corrected chi connectivity index (χ3v) is 3.03. The van der Waals surface area contributed by atoms with Gasteiger partial charge in [-0.2, -0.15) is 0 Å². The molecule has 0 spiro atoms. The summed E-state index contributed by atoms with van der Waals surface area (Å²) in [7, 11) is 0. The first-order valence-electron chi connectivity index (χ1n) is 5.65. The van der Waals surface area contributed by atoms with Gasteiger partial charge in [-0.3, -0.25) is 14.9 Å². The molecule has 1 aliphatic heterocycles. The molecule has 1 heterocycles. The molecule has 0 unspecified atom stereocenters. The Hall–Kier alpha value is -1.91. The third kappa shape index (κ3) is 2.27. The summed E-state index contributed by atoms with van der Waals surface area (Å²) in [6.07, 6.45) is 2.81. The van der Waals surface area contributed by atoms with Gasteiger partial charge in [0.05, 0.1) is 10.6 Å². The molecule has 1 amide bonds. The van der Waals surface area contributed by atoms with Crippen molar-refractivity contribution in [1.29, 1.82) is 0 Å². The van der Waals surface area contributed by atoms with Crippen LogP contribution in [-0.2, 0) is 11.2 Å². The van der Waals surface area contributed by atoms with Gasteiger partial charge >= 0.3 is 0 Å². The SMILES string of the molecule is CC(=O)N1CCCCc2ccc([N+](=O)[O-])cc21. The Balaban J connectivity index is 2.49. The molecule has 0 saturated carbocycles. The minimum atomic E-state index is -0.427. The van der Waals surface area contributed by atoms with Gasteiger partial charge in [0.2, 0.25) is 5.91 Å². The molecule has 0 radical (unpaired) electrons. The zero-order chi connectivity index (χ0) is 12.4. The third-order valence-electron chi connectivity index (χ3n) is 3.03. The Morgan fingerprint density at radius 2 is 2.18 bits per heavy atom. The summed E-state index contributed by atoms with van der Waals surface area (Å²) in [5, 5.41) is 10.8. The molecular weight excluding hydrogens is 220 g/mol. The van der Waals surface area contributed by atoms with Crippen LogP contribution in [0.4, 0.5) is 11.4 Å². The van der Waals surface area contributed by atoms with Gasteiger partial charge in [0, 0.05) is 25.6 Å². The number of aryl methyl sites for hydroxylation is 1. The van der Waals surface area contributed by atoms with E-state index in [4.69, 9.17) is 0 Å². The Bertz CT molecular complexity index is 471. The molecule has 0 bridgehead atoms. The highest BCUT2D eigenvalue weighted by Gasteiger charge is 2.21. The fourth-order valence-electron chi connectivity index (χ4n) is 2.16. The van der Waals surface area contributed by atoms with E-state index in [1.165, 1.54) is 19.1 Å². The molecule has 5 nitrogen and oxygen atoms in total. The molecule has 0 atom stereocenters. The minimum absolute atomic E-state index is 0.0388. The van der Waals surface area contributed by atoms with Crippen LogP contribution in [-0.4, -0.2) is 17.4 Å². The van der Waals surface area contributed by atoms with Crippen molar-refractivity contribution in [1.82, 2.24) is 0 Å². The van der Waals surface area contributed by atoms with E-state index >= 15 is 0 Å². The van der Waals surface area contributed by atoms with Crippen molar-refractivity contribution < 1.29 is 9.72 Å². The first-order chi connectivity index (χ1) is 8.09. The van der Waals surface area contributed by atoms with Crippen LogP contribution in [0.25, 0.3) is 0 Å². The largest absolute Gasteiger partial charge is 0.312 e. The molecule has 5 heteroatoms. The lowest BCUT2D eigenvalue weighted by atomic mass is 10.1. The van der Waals surface area contributed by atoms with Gasteiger partial charge in [-0.25, -0.2) is 0 Å². The predicted octanol–water partition coefficient (Wildman–Crippen LogP) is 2.28. The van der Waals surface area contributed by atoms with Crippen molar-refractivity contribution in [2.75, 3.05) is 11.4 Å². The Labute approximate surface area is 99.2 Å². The number of carbonyl (C=O) groups is 1. The van der Waals surface area contributed by atoms with E-state index in [-0.39, 0.29) is 11.6 Å². The smallest absolute Gasteiger partial charge is 0.271 e. The van der Waals surface area contributed by atoms with E-state index in [0.29, 0.717) is 12.2 Å². The quantitative estimate of drug-likeness (QED) is 0.553. The van der Waals surface area contributed by atoms with Crippen molar-refractivity contribution >= 4 is 17.3 Å². The van der Waals surface area contributed by atoms with Crippen molar-refractivity contribution in [2.24, 2.45) is 0 Å². The molecular formula is C12H14N2O3. The molecule has 0 N–H and O–H groups in total. The van der Waals surface area contributed by atoms with Gasteiger partial charge in [-0.15, -0.1) is 0 Å². The van der Waals surface area contributed by atoms with E-state index < -0.39 is 4.92 Å². The topological polar surface area (TPSA) is 63.5 Å². The molecule has 0 aromatic heterocycles. The van der Waals surface area contributed by atoms with Crippen LogP contribution >= 0.6 is 0 Å². The summed E-state index contributed by atoms with van der Waals surface area (Å²) in [5.41, 5.74) is 1.75. The second-order valence-corrected chi connectivity index (χ2v) is 4.20. The average Bonchev–Trinajstić information content (AvgIpc) is 2.49. The number of carbonyl (C=O) groups excluding carboxylic acids is 1. The maximum Gasteiger partial charge on any atom is 0.271 e. The Morgan fingerprint density at radius 1 is 1.41 bits per heavy atom. The van der Waals surface area contributed by atoms with Crippen LogP contribution < -0.4 is 4.90 Å². The minimum Gasteiger partial charge on any atom is -0.312 e. The molecule has 1 aliphatic rings. The Kier molecular flexibility index (Phi) is 3.08. The highest BCUT2D eigenvalue weighted by molar-refractivity contribution is 5.92. The van der Waals surface area contributed by atoms with Crippen molar-refractivity contribution in [3.63, 3.8) is 0 Å². The highest BCUT2D eigenvalue weighted by Crippen LogP contribution is 2.30. The lowest BCUT2D eigenvalue weighted by Gasteiger charge is -2.20. The molecule has 2 rings (SSSR count). The number of hydrogen-bond acceptors (Lipinski definition) is 3. The van der Waals surface area contributed by atoms with Gasteiger partial charge in [0.1, 0.15) is 0 Å². The van der Waals surface area contributed by atoms with Gasteiger partial charge in [0.15, 0.2) is 0 Å². The lowest BCUT2D eigenvalue weighted by Crippen LogP contribution is -2.29. The summed E-state index contributed by atoms with van der Waals surface area (Å²) in [6, 6.07) is 4.76. The number of benzene rings is 1. The highest BCUT2D eigenvalue weighted by atomic mass is 16.6. The standard InChI is InChI=1S/C12H14N2O3/c1-9(15)13-7-3-2-4-10-5-6-11(14(16)17)8-12(10)13/h5-6,8H,2-4,7H2,1H3. The molecule has 0 aliphatic carbocycles. The van der Waals surface area contributed by atoms with E-state index in [2.05, 4.69) is 0 Å². The second kappa shape index (κ2) is 4.53. The van der Waals surface area contributed by atoms with Crippen molar-refractivity contribution in [3.8, 4) is 0 Å². The molecule has 1 aromatic rings. The number of amides is 1. The number of nitro benzene ring substituents is 1. The van der Waals surface area contributed by atoms with E-state index in [0.717, 1.165) is 24.8 Å². The van der Waals surface area contributed by atoms with Crippen LogP contribution in [0.3, 0.4) is 0 Å². The first kappa shape index (κ1) is 11.6. The van der Waals surface area contributed by atoms with Crippen LogP contribution in [0.1, 0.15) is 25.3 Å². The van der Waals surface area contributed by atoms with E-state index in [9.17, 15) is 14.9 Å². The summed E-state index contributed by atoms with van der Waals surface area (Å²) in [6.45, 7) is 2.14. The van der Waals surface area contributed by atoms with Crippen LogP contribution in [0, 0.1) is 10.1 Å². The maximum absolute atomic E-state index is 11.6. The Morgan fingerprint density at radius 3 is 2.82 bits per heavy atom. The molecule has 1 aromatic carbocycles. The summed E-state index contributed by atoms with van der Waals surface area (Å²) >= 11 is 0. The zero-order valence-corrected chi connectivity index (χ0v) is 9.68. The van der Waals surface area contributed by atoms with Crippen LogP contribution in [0.15, 0.2) is 18.2 Å². The number of nitrogens with zero attached hydrogens (tertiary/aromatic N) is 2. The number of rotatable bonds is 1. The van der Waals surface area contributed by atoms with Crippen molar-refractivity contribution in [2.45, 2.75) is 26.2 Å². The number of non-ortho nitro benzene ring substituents is 1. The molecule has 0 fully saturated rings. The van der Waals surface area contributed by atoms with Crippen LogP contribution in [0.5, 0.6) is 0 Å².